The first-order valence-corrected chi connectivity index (χ1v) is 7.21. The summed E-state index contributed by atoms with van der Waals surface area (Å²) in [5.41, 5.74) is 3.00. The molecular formula is C15H14N8. The minimum atomic E-state index is 0.622. The number of hydrogen-bond acceptors (Lipinski definition) is 6. The summed E-state index contributed by atoms with van der Waals surface area (Å²) in [6, 6.07) is 14.0. The molecule has 0 saturated carbocycles. The molecule has 0 aliphatic rings. The van der Waals surface area contributed by atoms with Crippen molar-refractivity contribution in [3.63, 3.8) is 0 Å². The number of anilines is 1. The average molecular weight is 306 g/mol. The third kappa shape index (κ3) is 3.00. The summed E-state index contributed by atoms with van der Waals surface area (Å²) in [5, 5.41) is 23.0. The fourth-order valence-electron chi connectivity index (χ4n) is 2.36. The molecule has 0 atom stereocenters. The summed E-state index contributed by atoms with van der Waals surface area (Å²) in [7, 11) is 0. The SMILES string of the molecule is c1cc(CNc2ccc3nnnn3n2)cc(Cn2cccn2)c1. The highest BCUT2D eigenvalue weighted by atomic mass is 15.6. The number of rotatable bonds is 5. The molecule has 0 bridgehead atoms. The van der Waals surface area contributed by atoms with Gasteiger partial charge in [-0.15, -0.1) is 14.8 Å². The summed E-state index contributed by atoms with van der Waals surface area (Å²) in [6.45, 7) is 1.43. The molecule has 0 aliphatic carbocycles. The number of nitrogens with zero attached hydrogens (tertiary/aromatic N) is 7. The number of hydrogen-bond donors (Lipinski definition) is 1. The molecule has 0 spiro atoms. The van der Waals surface area contributed by atoms with Crippen LogP contribution in [0.3, 0.4) is 0 Å². The van der Waals surface area contributed by atoms with Crippen molar-refractivity contribution in [2.45, 2.75) is 13.1 Å². The van der Waals surface area contributed by atoms with Gasteiger partial charge in [0, 0.05) is 18.9 Å². The van der Waals surface area contributed by atoms with E-state index in [0.717, 1.165) is 12.4 Å². The molecule has 0 aliphatic heterocycles. The summed E-state index contributed by atoms with van der Waals surface area (Å²) < 4.78 is 3.30. The molecule has 0 radical (unpaired) electrons. The van der Waals surface area contributed by atoms with Gasteiger partial charge >= 0.3 is 0 Å². The van der Waals surface area contributed by atoms with Gasteiger partial charge in [0.1, 0.15) is 5.82 Å². The first kappa shape index (κ1) is 13.4. The second-order valence-electron chi connectivity index (χ2n) is 5.12. The van der Waals surface area contributed by atoms with E-state index >= 15 is 0 Å². The predicted molar refractivity (Wildman–Crippen MR) is 83.7 cm³/mol. The quantitative estimate of drug-likeness (QED) is 0.599. The Morgan fingerprint density at radius 2 is 2.00 bits per heavy atom. The molecule has 3 aromatic heterocycles. The minimum Gasteiger partial charge on any atom is -0.365 e. The molecule has 1 N–H and O–H groups in total. The van der Waals surface area contributed by atoms with Gasteiger partial charge in [-0.2, -0.15) is 5.10 Å². The molecule has 3 heterocycles. The van der Waals surface area contributed by atoms with Gasteiger partial charge in [-0.1, -0.05) is 24.3 Å². The standard InChI is InChI=1S/C15H14N8/c1-3-12(9-13(4-1)11-22-8-2-7-17-22)10-16-14-5-6-15-18-20-21-23(15)19-14/h1-9H,10-11H2,(H,16,19). The lowest BCUT2D eigenvalue weighted by molar-refractivity contribution is 0.686. The number of nitrogens with one attached hydrogen (secondary N) is 1. The minimum absolute atomic E-state index is 0.622. The maximum atomic E-state index is 4.29. The zero-order valence-electron chi connectivity index (χ0n) is 12.2. The maximum Gasteiger partial charge on any atom is 0.200 e. The number of benzene rings is 1. The second-order valence-corrected chi connectivity index (χ2v) is 5.12. The van der Waals surface area contributed by atoms with Crippen LogP contribution in [-0.2, 0) is 13.1 Å². The van der Waals surface area contributed by atoms with Crippen molar-refractivity contribution < 1.29 is 0 Å². The van der Waals surface area contributed by atoms with Gasteiger partial charge in [0.2, 0.25) is 0 Å². The number of tetrazole rings is 1. The van der Waals surface area contributed by atoms with Gasteiger partial charge in [0.15, 0.2) is 5.65 Å². The zero-order valence-corrected chi connectivity index (χ0v) is 12.2. The molecule has 0 amide bonds. The summed E-state index contributed by atoms with van der Waals surface area (Å²) >= 11 is 0. The van der Waals surface area contributed by atoms with E-state index in [4.69, 9.17) is 0 Å². The lowest BCUT2D eigenvalue weighted by Crippen LogP contribution is -2.06. The molecule has 8 nitrogen and oxygen atoms in total. The smallest absolute Gasteiger partial charge is 0.200 e. The fourth-order valence-corrected chi connectivity index (χ4v) is 2.36. The molecule has 8 heteroatoms. The van der Waals surface area contributed by atoms with Gasteiger partial charge < -0.3 is 5.32 Å². The van der Waals surface area contributed by atoms with Crippen LogP contribution in [0, 0.1) is 0 Å². The normalized spacial score (nSPS) is 11.0. The second kappa shape index (κ2) is 5.84. The monoisotopic (exact) mass is 306 g/mol. The van der Waals surface area contributed by atoms with Crippen molar-refractivity contribution in [1.29, 1.82) is 0 Å². The van der Waals surface area contributed by atoms with Gasteiger partial charge in [-0.25, -0.2) is 0 Å². The molecule has 4 aromatic rings. The molecule has 0 unspecified atom stereocenters. The Morgan fingerprint density at radius 1 is 1.04 bits per heavy atom. The van der Waals surface area contributed by atoms with Crippen molar-refractivity contribution >= 4 is 11.5 Å². The predicted octanol–water partition coefficient (Wildman–Crippen LogP) is 1.38. The Balaban J connectivity index is 1.45. The van der Waals surface area contributed by atoms with E-state index in [9.17, 15) is 0 Å². The number of fused-ring (bicyclic) bond motifs is 1. The lowest BCUT2D eigenvalue weighted by Gasteiger charge is -2.08. The van der Waals surface area contributed by atoms with E-state index in [2.05, 4.69) is 49.2 Å². The van der Waals surface area contributed by atoms with Crippen molar-refractivity contribution in [3.05, 3.63) is 66.0 Å². The topological polar surface area (TPSA) is 85.8 Å². The highest BCUT2D eigenvalue weighted by molar-refractivity contribution is 5.42. The summed E-state index contributed by atoms with van der Waals surface area (Å²) in [5.74, 6) is 0.724. The van der Waals surface area contributed by atoms with Crippen LogP contribution >= 0.6 is 0 Å². The summed E-state index contributed by atoms with van der Waals surface area (Å²) in [6.07, 6.45) is 3.74. The Labute approximate surface area is 131 Å². The van der Waals surface area contributed by atoms with Gasteiger partial charge in [0.25, 0.3) is 0 Å². The molecule has 114 valence electrons. The Hall–Kier alpha value is -3.29. The van der Waals surface area contributed by atoms with Gasteiger partial charge in [0.05, 0.1) is 6.54 Å². The summed E-state index contributed by atoms with van der Waals surface area (Å²) in [4.78, 5) is 0. The van der Waals surface area contributed by atoms with E-state index in [0.29, 0.717) is 12.2 Å². The lowest BCUT2D eigenvalue weighted by atomic mass is 10.1. The molecule has 23 heavy (non-hydrogen) atoms. The van der Waals surface area contributed by atoms with Crippen LogP contribution in [-0.4, -0.2) is 35.0 Å². The van der Waals surface area contributed by atoms with E-state index in [1.54, 1.807) is 6.20 Å². The van der Waals surface area contributed by atoms with E-state index in [1.807, 2.05) is 35.1 Å². The third-order valence-electron chi connectivity index (χ3n) is 3.44. The largest absolute Gasteiger partial charge is 0.365 e. The molecule has 0 fully saturated rings. The van der Waals surface area contributed by atoms with Crippen LogP contribution in [0.4, 0.5) is 5.82 Å². The molecular weight excluding hydrogens is 292 g/mol. The van der Waals surface area contributed by atoms with Crippen LogP contribution < -0.4 is 5.32 Å². The molecule has 0 saturated heterocycles. The van der Waals surface area contributed by atoms with Crippen molar-refractivity contribution in [3.8, 4) is 0 Å². The molecule has 1 aromatic carbocycles. The van der Waals surface area contributed by atoms with Crippen LogP contribution in [0.25, 0.3) is 5.65 Å². The zero-order chi connectivity index (χ0) is 15.5. The van der Waals surface area contributed by atoms with Crippen LogP contribution in [0.5, 0.6) is 0 Å². The fraction of sp³-hybridized carbons (Fsp3) is 0.133. The van der Waals surface area contributed by atoms with Gasteiger partial charge in [-0.05, 0) is 39.8 Å². The number of aromatic nitrogens is 7. The van der Waals surface area contributed by atoms with E-state index < -0.39 is 0 Å². The highest BCUT2D eigenvalue weighted by Crippen LogP contribution is 2.10. The highest BCUT2D eigenvalue weighted by Gasteiger charge is 2.02. The van der Waals surface area contributed by atoms with Crippen LogP contribution in [0.15, 0.2) is 54.9 Å². The van der Waals surface area contributed by atoms with Crippen LogP contribution in [0.2, 0.25) is 0 Å². The van der Waals surface area contributed by atoms with Gasteiger partial charge in [-0.3, -0.25) is 4.68 Å². The van der Waals surface area contributed by atoms with E-state index in [-0.39, 0.29) is 0 Å². The maximum absolute atomic E-state index is 4.29. The van der Waals surface area contributed by atoms with Crippen molar-refractivity contribution in [2.24, 2.45) is 0 Å². The Bertz CT molecular complexity index is 912. The molecule has 4 rings (SSSR count). The first-order valence-electron chi connectivity index (χ1n) is 7.21. The Morgan fingerprint density at radius 3 is 2.91 bits per heavy atom. The van der Waals surface area contributed by atoms with Crippen LogP contribution in [0.1, 0.15) is 11.1 Å². The van der Waals surface area contributed by atoms with Crippen molar-refractivity contribution in [1.82, 2.24) is 35.0 Å². The third-order valence-corrected chi connectivity index (χ3v) is 3.44. The van der Waals surface area contributed by atoms with Crippen molar-refractivity contribution in [2.75, 3.05) is 5.32 Å². The first-order chi connectivity index (χ1) is 11.4. The van der Waals surface area contributed by atoms with E-state index in [1.165, 1.54) is 15.8 Å². The Kier molecular flexibility index (Phi) is 3.39. The average Bonchev–Trinajstić information content (AvgIpc) is 3.24.